The first-order chi connectivity index (χ1) is 11.4. The van der Waals surface area contributed by atoms with Gasteiger partial charge in [-0.15, -0.1) is 0 Å². The van der Waals surface area contributed by atoms with E-state index in [9.17, 15) is 19.7 Å². The number of esters is 1. The van der Waals surface area contributed by atoms with Crippen LogP contribution in [0.25, 0.3) is 0 Å². The number of non-ortho nitro benzene ring substituents is 1. The van der Waals surface area contributed by atoms with Crippen molar-refractivity contribution in [1.29, 1.82) is 0 Å². The number of rotatable bonds is 5. The first-order valence-electron chi connectivity index (χ1n) is 7.25. The minimum Gasteiger partial charge on any atom is -0.462 e. The van der Waals surface area contributed by atoms with Crippen LogP contribution in [-0.4, -0.2) is 23.4 Å². The summed E-state index contributed by atoms with van der Waals surface area (Å²) >= 11 is 0. The summed E-state index contributed by atoms with van der Waals surface area (Å²) in [6.45, 7) is 3.67. The zero-order valence-corrected chi connectivity index (χ0v) is 13.2. The molecule has 0 atom stereocenters. The summed E-state index contributed by atoms with van der Waals surface area (Å²) in [7, 11) is 0. The van der Waals surface area contributed by atoms with Crippen molar-refractivity contribution >= 4 is 23.3 Å². The summed E-state index contributed by atoms with van der Waals surface area (Å²) in [5.41, 5.74) is 1.20. The number of nitro benzene ring substituents is 1. The van der Waals surface area contributed by atoms with Gasteiger partial charge >= 0.3 is 5.97 Å². The van der Waals surface area contributed by atoms with E-state index in [1.807, 2.05) is 19.1 Å². The van der Waals surface area contributed by atoms with Gasteiger partial charge in [0.2, 0.25) is 0 Å². The molecule has 0 aromatic heterocycles. The lowest BCUT2D eigenvalue weighted by atomic mass is 10.1. The second-order valence-corrected chi connectivity index (χ2v) is 5.07. The number of aryl methyl sites for hydroxylation is 1. The zero-order chi connectivity index (χ0) is 17.7. The molecule has 0 aliphatic rings. The van der Waals surface area contributed by atoms with Crippen molar-refractivity contribution in [2.45, 2.75) is 13.8 Å². The molecule has 1 amide bonds. The number of carbonyl (C=O) groups is 2. The van der Waals surface area contributed by atoms with Gasteiger partial charge in [-0.25, -0.2) is 4.79 Å². The summed E-state index contributed by atoms with van der Waals surface area (Å²) in [4.78, 5) is 34.5. The Morgan fingerprint density at radius 1 is 1.12 bits per heavy atom. The van der Waals surface area contributed by atoms with Gasteiger partial charge in [-0.3, -0.25) is 14.9 Å². The number of amides is 1. The largest absolute Gasteiger partial charge is 0.462 e. The minimum atomic E-state index is -0.717. The number of hydrogen-bond acceptors (Lipinski definition) is 5. The number of nitrogens with zero attached hydrogens (tertiary/aromatic N) is 1. The molecular formula is C17H16N2O5. The van der Waals surface area contributed by atoms with Crippen molar-refractivity contribution in [3.05, 3.63) is 69.3 Å². The predicted molar refractivity (Wildman–Crippen MR) is 88.2 cm³/mol. The molecule has 2 rings (SSSR count). The highest BCUT2D eigenvalue weighted by Gasteiger charge is 2.18. The summed E-state index contributed by atoms with van der Waals surface area (Å²) in [5.74, 6) is -1.27. The van der Waals surface area contributed by atoms with Crippen molar-refractivity contribution in [3.63, 3.8) is 0 Å². The number of anilines is 1. The molecule has 2 aromatic rings. The third-order valence-electron chi connectivity index (χ3n) is 3.21. The van der Waals surface area contributed by atoms with Crippen LogP contribution in [0, 0.1) is 17.0 Å². The SMILES string of the molecule is CCOC(=O)c1cc(C(=O)Nc2ccc(C)cc2)cc([N+](=O)[O-])c1. The zero-order valence-electron chi connectivity index (χ0n) is 13.2. The van der Waals surface area contributed by atoms with Gasteiger partial charge in [-0.2, -0.15) is 0 Å². The van der Waals surface area contributed by atoms with Gasteiger partial charge in [0.25, 0.3) is 11.6 Å². The fourth-order valence-corrected chi connectivity index (χ4v) is 2.02. The Balaban J connectivity index is 2.33. The molecule has 1 N–H and O–H groups in total. The normalized spacial score (nSPS) is 10.1. The first-order valence-corrected chi connectivity index (χ1v) is 7.25. The molecule has 0 aliphatic carbocycles. The molecule has 0 bridgehead atoms. The van der Waals surface area contributed by atoms with Gasteiger partial charge in [0.1, 0.15) is 0 Å². The Kier molecular flexibility index (Phi) is 5.26. The lowest BCUT2D eigenvalue weighted by Crippen LogP contribution is -2.14. The highest BCUT2D eigenvalue weighted by molar-refractivity contribution is 6.06. The smallest absolute Gasteiger partial charge is 0.338 e. The van der Waals surface area contributed by atoms with Crippen LogP contribution < -0.4 is 5.32 Å². The van der Waals surface area contributed by atoms with E-state index < -0.39 is 16.8 Å². The van der Waals surface area contributed by atoms with E-state index >= 15 is 0 Å². The topological polar surface area (TPSA) is 98.5 Å². The van der Waals surface area contributed by atoms with Crippen molar-refractivity contribution in [1.82, 2.24) is 0 Å². The molecule has 2 aromatic carbocycles. The van der Waals surface area contributed by atoms with Crippen LogP contribution in [0.5, 0.6) is 0 Å². The highest BCUT2D eigenvalue weighted by atomic mass is 16.6. The lowest BCUT2D eigenvalue weighted by Gasteiger charge is -2.08. The van der Waals surface area contributed by atoms with Gasteiger partial charge in [-0.05, 0) is 32.0 Å². The van der Waals surface area contributed by atoms with Crippen LogP contribution in [0.4, 0.5) is 11.4 Å². The van der Waals surface area contributed by atoms with Crippen molar-refractivity contribution < 1.29 is 19.2 Å². The molecule has 7 heteroatoms. The Morgan fingerprint density at radius 2 is 1.75 bits per heavy atom. The fraction of sp³-hybridized carbons (Fsp3) is 0.176. The number of carbonyl (C=O) groups excluding carboxylic acids is 2. The molecule has 124 valence electrons. The van der Waals surface area contributed by atoms with Crippen LogP contribution in [0.3, 0.4) is 0 Å². The Hall–Kier alpha value is -3.22. The summed E-state index contributed by atoms with van der Waals surface area (Å²) in [6, 6.07) is 10.6. The van der Waals surface area contributed by atoms with E-state index in [0.717, 1.165) is 17.7 Å². The second-order valence-electron chi connectivity index (χ2n) is 5.07. The van der Waals surface area contributed by atoms with Gasteiger partial charge in [0, 0.05) is 23.4 Å². The average molecular weight is 328 g/mol. The first kappa shape index (κ1) is 17.1. The van der Waals surface area contributed by atoms with Gasteiger partial charge in [0.15, 0.2) is 0 Å². The lowest BCUT2D eigenvalue weighted by molar-refractivity contribution is -0.384. The van der Waals surface area contributed by atoms with Gasteiger partial charge in [-0.1, -0.05) is 17.7 Å². The Bertz CT molecular complexity index is 784. The number of nitro groups is 1. The number of benzene rings is 2. The Morgan fingerprint density at radius 3 is 2.33 bits per heavy atom. The summed E-state index contributed by atoms with van der Waals surface area (Å²) in [5, 5.41) is 13.7. The number of nitrogens with one attached hydrogen (secondary N) is 1. The molecule has 0 fully saturated rings. The molecule has 0 heterocycles. The fourth-order valence-electron chi connectivity index (χ4n) is 2.02. The van der Waals surface area contributed by atoms with Crippen LogP contribution in [-0.2, 0) is 4.74 Å². The van der Waals surface area contributed by atoms with Crippen LogP contribution in [0.1, 0.15) is 33.2 Å². The Labute approximate surface area is 138 Å². The second kappa shape index (κ2) is 7.36. The van der Waals surface area contributed by atoms with Crippen molar-refractivity contribution in [3.8, 4) is 0 Å². The monoisotopic (exact) mass is 328 g/mol. The number of ether oxygens (including phenoxy) is 1. The predicted octanol–water partition coefficient (Wildman–Crippen LogP) is 3.33. The molecule has 0 spiro atoms. The minimum absolute atomic E-state index is 0.00725. The summed E-state index contributed by atoms with van der Waals surface area (Å²) < 4.78 is 4.84. The van der Waals surface area contributed by atoms with E-state index in [1.165, 1.54) is 6.07 Å². The van der Waals surface area contributed by atoms with Gasteiger partial charge < -0.3 is 10.1 Å². The summed E-state index contributed by atoms with van der Waals surface area (Å²) in [6.07, 6.45) is 0. The molecule has 24 heavy (non-hydrogen) atoms. The van der Waals surface area contributed by atoms with Gasteiger partial charge in [0.05, 0.1) is 17.1 Å². The van der Waals surface area contributed by atoms with Crippen molar-refractivity contribution in [2.24, 2.45) is 0 Å². The molecule has 0 unspecified atom stereocenters. The third kappa shape index (κ3) is 4.16. The maximum atomic E-state index is 12.3. The van der Waals surface area contributed by atoms with Crippen LogP contribution in [0.15, 0.2) is 42.5 Å². The molecule has 7 nitrogen and oxygen atoms in total. The maximum absolute atomic E-state index is 12.3. The van der Waals surface area contributed by atoms with Crippen LogP contribution >= 0.6 is 0 Å². The standard InChI is InChI=1S/C17H16N2O5/c1-3-24-17(21)13-8-12(9-15(10-13)19(22)23)16(20)18-14-6-4-11(2)5-7-14/h4-10H,3H2,1-2H3,(H,18,20). The average Bonchev–Trinajstić information content (AvgIpc) is 2.56. The molecule has 0 saturated heterocycles. The van der Waals surface area contributed by atoms with Crippen LogP contribution in [0.2, 0.25) is 0 Å². The maximum Gasteiger partial charge on any atom is 0.338 e. The molecule has 0 radical (unpaired) electrons. The van der Waals surface area contributed by atoms with Crippen molar-refractivity contribution in [2.75, 3.05) is 11.9 Å². The number of hydrogen-bond donors (Lipinski definition) is 1. The molecule has 0 saturated carbocycles. The quantitative estimate of drug-likeness (QED) is 0.515. The van der Waals surface area contributed by atoms with E-state index in [4.69, 9.17) is 4.74 Å². The van der Waals surface area contributed by atoms with E-state index in [-0.39, 0.29) is 23.4 Å². The van der Waals surface area contributed by atoms with E-state index in [0.29, 0.717) is 5.69 Å². The van der Waals surface area contributed by atoms with E-state index in [2.05, 4.69) is 5.32 Å². The highest BCUT2D eigenvalue weighted by Crippen LogP contribution is 2.19. The molecular weight excluding hydrogens is 312 g/mol. The third-order valence-corrected chi connectivity index (χ3v) is 3.21. The van der Waals surface area contributed by atoms with E-state index in [1.54, 1.807) is 19.1 Å². The molecule has 0 aliphatic heterocycles.